The lowest BCUT2D eigenvalue weighted by Crippen LogP contribution is -2.57. The second-order valence-electron chi connectivity index (χ2n) is 17.3. The number of carbonyl (C=O) groups is 6. The summed E-state index contributed by atoms with van der Waals surface area (Å²) in [5, 5.41) is 15.3. The monoisotopic (exact) mass is 830 g/mol. The normalized spacial score (nSPS) is 17.6. The van der Waals surface area contributed by atoms with Gasteiger partial charge in [-0.25, -0.2) is 9.59 Å². The van der Waals surface area contributed by atoms with Gasteiger partial charge in [-0.05, 0) is 71.9 Å². The van der Waals surface area contributed by atoms with Crippen molar-refractivity contribution in [2.24, 2.45) is 10.8 Å². The van der Waals surface area contributed by atoms with Gasteiger partial charge in [-0.3, -0.25) is 19.2 Å². The molecule has 324 valence electrons. The maximum absolute atomic E-state index is 13.6. The number of hydrogen-bond donors (Lipinski definition) is 4. The van der Waals surface area contributed by atoms with Crippen LogP contribution in [0.4, 0.5) is 26.8 Å². The van der Waals surface area contributed by atoms with E-state index in [2.05, 4.69) is 26.4 Å². The van der Waals surface area contributed by atoms with Crippen LogP contribution >= 0.6 is 0 Å². The predicted molar refractivity (Wildman–Crippen MR) is 224 cm³/mol. The zero-order valence-corrected chi connectivity index (χ0v) is 35.7. The zero-order chi connectivity index (χ0) is 43.8. The molecule has 2 aliphatic heterocycles. The van der Waals surface area contributed by atoms with Crippen LogP contribution in [-0.2, 0) is 41.7 Å². The molecule has 2 aliphatic rings. The standard InChI is InChI=1S/C43H58N8O9/c1-42(2,3)34(46-40(56)58-7)38(54)50-22-9-11-31(50)36(52)44-29-17-13-27(14-18-29)25-49(33-21-24-60-48-33)26-28-15-19-30(20-16-28)45-37(53)32-12-10-23-51(32)39(55)35(43(4,5)6)47-41(57)59-8/h13-21,24,31-32,34-35H,9-12,22-23,25-26H2,1-8H3,(H,44,52)(H,45,53)(H,46,56)(H,47,57)/t31-,32-,34+,35+/m0/s1. The van der Waals surface area contributed by atoms with E-state index in [4.69, 9.17) is 14.0 Å². The molecule has 4 N–H and O–H groups in total. The maximum atomic E-state index is 13.6. The van der Waals surface area contributed by atoms with Gasteiger partial charge in [0.25, 0.3) is 0 Å². The minimum absolute atomic E-state index is 0.306. The molecule has 3 heterocycles. The van der Waals surface area contributed by atoms with Crippen molar-refractivity contribution < 1.29 is 42.8 Å². The second-order valence-corrected chi connectivity index (χ2v) is 17.3. The van der Waals surface area contributed by atoms with E-state index in [-0.39, 0.29) is 23.6 Å². The molecule has 3 aromatic rings. The molecule has 0 saturated carbocycles. The van der Waals surface area contributed by atoms with Gasteiger partial charge in [-0.2, -0.15) is 0 Å². The Hall–Kier alpha value is -6.13. The smallest absolute Gasteiger partial charge is 0.407 e. The average molecular weight is 831 g/mol. The summed E-state index contributed by atoms with van der Waals surface area (Å²) in [6.45, 7) is 12.8. The van der Waals surface area contributed by atoms with Crippen molar-refractivity contribution >= 4 is 53.0 Å². The number of hydrogen-bond acceptors (Lipinski definition) is 11. The van der Waals surface area contributed by atoms with Gasteiger partial charge in [0.2, 0.25) is 23.6 Å². The van der Waals surface area contributed by atoms with Crippen molar-refractivity contribution in [3.8, 4) is 0 Å². The van der Waals surface area contributed by atoms with E-state index in [0.29, 0.717) is 69.1 Å². The lowest BCUT2D eigenvalue weighted by atomic mass is 9.85. The van der Waals surface area contributed by atoms with Crippen LogP contribution in [-0.4, -0.2) is 102 Å². The summed E-state index contributed by atoms with van der Waals surface area (Å²) in [5.41, 5.74) is 1.80. The van der Waals surface area contributed by atoms with E-state index in [9.17, 15) is 28.8 Å². The number of nitrogens with zero attached hydrogens (tertiary/aromatic N) is 4. The lowest BCUT2D eigenvalue weighted by Gasteiger charge is -2.35. The SMILES string of the molecule is COC(=O)N[C@H](C(=O)N1CCC[C@H]1C(=O)Nc1ccc(CN(Cc2ccc(NC(=O)[C@@H]3CCCN3C(=O)[C@@H](NC(=O)OC)C(C)(C)C)cc2)c2ccon2)cc1)C(C)(C)C. The highest BCUT2D eigenvalue weighted by molar-refractivity contribution is 6.00. The van der Waals surface area contributed by atoms with Gasteiger partial charge in [0.1, 0.15) is 30.4 Å². The fourth-order valence-corrected chi connectivity index (χ4v) is 7.45. The molecule has 0 bridgehead atoms. The number of likely N-dealkylation sites (tertiary alicyclic amines) is 2. The lowest BCUT2D eigenvalue weighted by molar-refractivity contribution is -0.140. The van der Waals surface area contributed by atoms with Crippen LogP contribution in [0.25, 0.3) is 0 Å². The maximum Gasteiger partial charge on any atom is 0.407 e. The predicted octanol–water partition coefficient (Wildman–Crippen LogP) is 5.28. The number of alkyl carbamates (subject to hydrolysis) is 2. The molecular weight excluding hydrogens is 773 g/mol. The van der Waals surface area contributed by atoms with Crippen LogP contribution in [0.2, 0.25) is 0 Å². The highest BCUT2D eigenvalue weighted by Crippen LogP contribution is 2.29. The number of rotatable bonds is 13. The molecule has 5 rings (SSSR count). The average Bonchev–Trinajstić information content (AvgIpc) is 4.02. The molecule has 4 atom stereocenters. The van der Waals surface area contributed by atoms with Crippen LogP contribution in [0.1, 0.15) is 78.4 Å². The van der Waals surface area contributed by atoms with E-state index < -0.39 is 47.2 Å². The summed E-state index contributed by atoms with van der Waals surface area (Å²) in [5.74, 6) is -0.663. The molecule has 2 saturated heterocycles. The molecule has 0 unspecified atom stereocenters. The number of anilines is 3. The number of nitrogens with one attached hydrogen (secondary N) is 4. The van der Waals surface area contributed by atoms with Crippen LogP contribution in [0.3, 0.4) is 0 Å². The molecule has 2 aromatic carbocycles. The molecule has 17 nitrogen and oxygen atoms in total. The first kappa shape index (κ1) is 45.0. The van der Waals surface area contributed by atoms with Gasteiger partial charge in [0, 0.05) is 43.6 Å². The Morgan fingerprint density at radius 3 is 1.42 bits per heavy atom. The highest BCUT2D eigenvalue weighted by atomic mass is 16.5. The van der Waals surface area contributed by atoms with Crippen LogP contribution in [0.5, 0.6) is 0 Å². The first-order valence-corrected chi connectivity index (χ1v) is 20.1. The Labute approximate surface area is 350 Å². The van der Waals surface area contributed by atoms with Gasteiger partial charge >= 0.3 is 12.2 Å². The fourth-order valence-electron chi connectivity index (χ4n) is 7.45. The minimum atomic E-state index is -0.873. The Bertz CT molecular complexity index is 1850. The molecule has 6 amide bonds. The topological polar surface area (TPSA) is 205 Å². The third kappa shape index (κ3) is 11.3. The van der Waals surface area contributed by atoms with Gasteiger partial charge in [-0.1, -0.05) is 71.0 Å². The van der Waals surface area contributed by atoms with Gasteiger partial charge in [0.15, 0.2) is 5.82 Å². The van der Waals surface area contributed by atoms with Crippen LogP contribution < -0.4 is 26.2 Å². The van der Waals surface area contributed by atoms with E-state index in [1.165, 1.54) is 30.3 Å². The summed E-state index contributed by atoms with van der Waals surface area (Å²) >= 11 is 0. The number of benzene rings is 2. The first-order valence-electron chi connectivity index (χ1n) is 20.1. The summed E-state index contributed by atoms with van der Waals surface area (Å²) in [4.78, 5) is 83.4. The Morgan fingerprint density at radius 2 is 1.08 bits per heavy atom. The highest BCUT2D eigenvalue weighted by Gasteiger charge is 2.43. The Morgan fingerprint density at radius 1 is 0.683 bits per heavy atom. The van der Waals surface area contributed by atoms with Crippen molar-refractivity contribution in [2.45, 2.75) is 104 Å². The van der Waals surface area contributed by atoms with Crippen molar-refractivity contribution in [1.82, 2.24) is 25.6 Å². The molecule has 60 heavy (non-hydrogen) atoms. The van der Waals surface area contributed by atoms with Gasteiger partial charge in [-0.15, -0.1) is 0 Å². The number of amides is 6. The molecule has 2 fully saturated rings. The van der Waals surface area contributed by atoms with Crippen molar-refractivity contribution in [1.29, 1.82) is 0 Å². The number of methoxy groups -OCH3 is 2. The first-order chi connectivity index (χ1) is 28.4. The molecule has 0 aliphatic carbocycles. The van der Waals surface area contributed by atoms with Gasteiger partial charge in [0.05, 0.1) is 14.2 Å². The van der Waals surface area contributed by atoms with Crippen LogP contribution in [0.15, 0.2) is 65.4 Å². The van der Waals surface area contributed by atoms with Gasteiger partial charge < -0.3 is 50.0 Å². The summed E-state index contributed by atoms with van der Waals surface area (Å²) in [6.07, 6.45) is 2.39. The molecular formula is C43H58N8O9. The number of aromatic nitrogens is 1. The largest absolute Gasteiger partial charge is 0.453 e. The zero-order valence-electron chi connectivity index (χ0n) is 35.7. The molecule has 0 spiro atoms. The molecule has 1 aromatic heterocycles. The number of carbonyl (C=O) groups excluding carboxylic acids is 6. The van der Waals surface area contributed by atoms with Crippen molar-refractivity contribution in [3.05, 3.63) is 72.0 Å². The number of ether oxygens (including phenoxy) is 2. The van der Waals surface area contributed by atoms with E-state index in [1.54, 1.807) is 6.07 Å². The quantitative estimate of drug-likeness (QED) is 0.174. The Balaban J connectivity index is 1.20. The van der Waals surface area contributed by atoms with E-state index in [1.807, 2.05) is 95.0 Å². The summed E-state index contributed by atoms with van der Waals surface area (Å²) in [7, 11) is 2.48. The van der Waals surface area contributed by atoms with Crippen molar-refractivity contribution in [3.63, 3.8) is 0 Å². The third-order valence-corrected chi connectivity index (χ3v) is 10.7. The van der Waals surface area contributed by atoms with Crippen LogP contribution in [0, 0.1) is 10.8 Å². The third-order valence-electron chi connectivity index (χ3n) is 10.7. The van der Waals surface area contributed by atoms with Crippen molar-refractivity contribution in [2.75, 3.05) is 42.8 Å². The fraction of sp³-hybridized carbons (Fsp3) is 0.512. The summed E-state index contributed by atoms with van der Waals surface area (Å²) < 4.78 is 14.6. The van der Waals surface area contributed by atoms with E-state index in [0.717, 1.165) is 11.1 Å². The minimum Gasteiger partial charge on any atom is -0.453 e. The molecule has 17 heteroatoms. The molecule has 0 radical (unpaired) electrons. The Kier molecular flexibility index (Phi) is 14.5. The van der Waals surface area contributed by atoms with E-state index >= 15 is 0 Å². The second kappa shape index (κ2) is 19.3. The summed E-state index contributed by atoms with van der Waals surface area (Å²) in [6, 6.07) is 13.5.